The summed E-state index contributed by atoms with van der Waals surface area (Å²) in [7, 11) is 0. The van der Waals surface area contributed by atoms with Crippen LogP contribution in [0.15, 0.2) is 30.3 Å². The minimum Gasteiger partial charge on any atom is -0.490 e. The highest BCUT2D eigenvalue weighted by molar-refractivity contribution is 5.32. The van der Waals surface area contributed by atoms with E-state index < -0.39 is 17.7 Å². The summed E-state index contributed by atoms with van der Waals surface area (Å²) in [6.07, 6.45) is 9.41. The number of rotatable bonds is 12. The zero-order valence-corrected chi connectivity index (χ0v) is 20.0. The van der Waals surface area contributed by atoms with Crippen LogP contribution in [0, 0.1) is 30.3 Å². The predicted molar refractivity (Wildman–Crippen MR) is 126 cm³/mol. The fourth-order valence-electron chi connectivity index (χ4n) is 4.41. The first-order chi connectivity index (χ1) is 16.0. The maximum Gasteiger partial charge on any atom is 0.200 e. The van der Waals surface area contributed by atoms with Crippen LogP contribution in [0.3, 0.4) is 0 Å². The first kappa shape index (κ1) is 25.6. The lowest BCUT2D eigenvalue weighted by atomic mass is 9.90. The van der Waals surface area contributed by atoms with Gasteiger partial charge in [0, 0.05) is 5.56 Å². The molecule has 2 nitrogen and oxygen atoms in total. The molecule has 0 spiro atoms. The van der Waals surface area contributed by atoms with Gasteiger partial charge in [-0.3, -0.25) is 0 Å². The number of halogens is 3. The molecule has 0 N–H and O–H groups in total. The van der Waals surface area contributed by atoms with E-state index in [1.54, 1.807) is 25.1 Å². The Morgan fingerprint density at radius 2 is 1.73 bits per heavy atom. The number of unbranched alkanes of at least 4 members (excludes halogenated alkanes) is 5. The Balaban J connectivity index is 1.44. The highest BCUT2D eigenvalue weighted by Gasteiger charge is 2.27. The second-order valence-corrected chi connectivity index (χ2v) is 9.28. The van der Waals surface area contributed by atoms with Crippen LogP contribution < -0.4 is 4.74 Å². The van der Waals surface area contributed by atoms with Crippen molar-refractivity contribution in [3.8, 4) is 5.75 Å². The molecule has 1 aliphatic rings. The van der Waals surface area contributed by atoms with E-state index in [1.165, 1.54) is 25.3 Å². The molecule has 2 unspecified atom stereocenters. The third-order valence-corrected chi connectivity index (χ3v) is 6.63. The quantitative estimate of drug-likeness (QED) is 0.296. The van der Waals surface area contributed by atoms with Crippen molar-refractivity contribution in [2.75, 3.05) is 13.2 Å². The molecule has 33 heavy (non-hydrogen) atoms. The summed E-state index contributed by atoms with van der Waals surface area (Å²) in [5.41, 5.74) is 1.89. The van der Waals surface area contributed by atoms with E-state index in [-0.39, 0.29) is 17.1 Å². The molecule has 1 saturated heterocycles. The standard InChI is InChI=1S/C28H37F3O2/c1-3-4-5-6-7-8-17-32-26-16-14-23(27(30)28(26)31)25-15-13-22(19-33-25)12-11-21-10-9-20(2)24(29)18-21/h9-10,14,16,18,22,25H,3-8,11-13,15,17,19H2,1-2H3. The lowest BCUT2D eigenvalue weighted by Gasteiger charge is -2.29. The summed E-state index contributed by atoms with van der Waals surface area (Å²) >= 11 is 0. The summed E-state index contributed by atoms with van der Waals surface area (Å²) < 4.78 is 54.4. The van der Waals surface area contributed by atoms with Gasteiger partial charge < -0.3 is 9.47 Å². The van der Waals surface area contributed by atoms with Crippen LogP contribution in [0.1, 0.15) is 87.5 Å². The van der Waals surface area contributed by atoms with Gasteiger partial charge in [0.15, 0.2) is 11.6 Å². The van der Waals surface area contributed by atoms with Crippen LogP contribution >= 0.6 is 0 Å². The Morgan fingerprint density at radius 1 is 0.939 bits per heavy atom. The van der Waals surface area contributed by atoms with Crippen molar-refractivity contribution in [3.05, 3.63) is 64.5 Å². The van der Waals surface area contributed by atoms with Gasteiger partial charge in [-0.15, -0.1) is 0 Å². The first-order valence-corrected chi connectivity index (χ1v) is 12.5. The third kappa shape index (κ3) is 7.49. The molecule has 182 valence electrons. The number of ether oxygens (including phenoxy) is 2. The molecule has 0 bridgehead atoms. The Kier molecular flexibility index (Phi) is 10.1. The van der Waals surface area contributed by atoms with Crippen LogP contribution in [-0.2, 0) is 11.2 Å². The summed E-state index contributed by atoms with van der Waals surface area (Å²) in [4.78, 5) is 0. The molecule has 1 fully saturated rings. The normalized spacial score (nSPS) is 18.5. The zero-order chi connectivity index (χ0) is 23.6. The van der Waals surface area contributed by atoms with Crippen LogP contribution in [0.5, 0.6) is 5.75 Å². The van der Waals surface area contributed by atoms with Gasteiger partial charge in [-0.1, -0.05) is 51.2 Å². The Hall–Kier alpha value is -2.01. The fourth-order valence-corrected chi connectivity index (χ4v) is 4.41. The van der Waals surface area contributed by atoms with Crippen molar-refractivity contribution < 1.29 is 22.6 Å². The van der Waals surface area contributed by atoms with Crippen molar-refractivity contribution in [2.24, 2.45) is 5.92 Å². The van der Waals surface area contributed by atoms with E-state index in [9.17, 15) is 13.2 Å². The third-order valence-electron chi connectivity index (χ3n) is 6.63. The van der Waals surface area contributed by atoms with E-state index in [1.807, 2.05) is 6.07 Å². The van der Waals surface area contributed by atoms with Crippen molar-refractivity contribution in [3.63, 3.8) is 0 Å². The van der Waals surface area contributed by atoms with E-state index in [2.05, 4.69) is 6.92 Å². The van der Waals surface area contributed by atoms with Gasteiger partial charge >= 0.3 is 0 Å². The zero-order valence-electron chi connectivity index (χ0n) is 20.0. The van der Waals surface area contributed by atoms with Crippen molar-refractivity contribution in [1.29, 1.82) is 0 Å². The van der Waals surface area contributed by atoms with E-state index in [4.69, 9.17) is 9.47 Å². The number of benzene rings is 2. The van der Waals surface area contributed by atoms with Crippen molar-refractivity contribution >= 4 is 0 Å². The van der Waals surface area contributed by atoms with Crippen LogP contribution in [-0.4, -0.2) is 13.2 Å². The van der Waals surface area contributed by atoms with Crippen LogP contribution in [0.4, 0.5) is 13.2 Å². The molecule has 2 aromatic carbocycles. The van der Waals surface area contributed by atoms with E-state index in [0.717, 1.165) is 44.1 Å². The molecule has 3 rings (SSSR count). The largest absolute Gasteiger partial charge is 0.490 e. The number of aryl methyl sites for hydroxylation is 2. The number of hydrogen-bond acceptors (Lipinski definition) is 2. The average Bonchev–Trinajstić information content (AvgIpc) is 2.82. The molecule has 0 saturated carbocycles. The van der Waals surface area contributed by atoms with Crippen LogP contribution in [0.2, 0.25) is 0 Å². The predicted octanol–water partition coefficient (Wildman–Crippen LogP) is 8.25. The lowest BCUT2D eigenvalue weighted by Crippen LogP contribution is -2.22. The van der Waals surface area contributed by atoms with Crippen LogP contribution in [0.25, 0.3) is 0 Å². The minimum absolute atomic E-state index is 0.0242. The molecule has 5 heteroatoms. The van der Waals surface area contributed by atoms with Crippen molar-refractivity contribution in [2.45, 2.75) is 84.2 Å². The smallest absolute Gasteiger partial charge is 0.200 e. The lowest BCUT2D eigenvalue weighted by molar-refractivity contribution is -0.0212. The molecular weight excluding hydrogens is 425 g/mol. The Bertz CT molecular complexity index is 876. The SMILES string of the molecule is CCCCCCCCOc1ccc(C2CCC(CCc3ccc(C)c(F)c3)CO2)c(F)c1F. The molecule has 0 radical (unpaired) electrons. The highest BCUT2D eigenvalue weighted by Crippen LogP contribution is 2.36. The molecule has 2 aromatic rings. The van der Waals surface area contributed by atoms with E-state index in [0.29, 0.717) is 31.1 Å². The van der Waals surface area contributed by atoms with Gasteiger partial charge in [-0.2, -0.15) is 4.39 Å². The summed E-state index contributed by atoms with van der Waals surface area (Å²) in [6.45, 7) is 4.83. The minimum atomic E-state index is -0.925. The van der Waals surface area contributed by atoms with Gasteiger partial charge in [0.25, 0.3) is 0 Å². The molecule has 2 atom stereocenters. The van der Waals surface area contributed by atoms with Gasteiger partial charge in [-0.05, 0) is 74.3 Å². The molecule has 1 heterocycles. The highest BCUT2D eigenvalue weighted by atomic mass is 19.2. The molecule has 0 aliphatic carbocycles. The molecular formula is C28H37F3O2. The summed E-state index contributed by atoms with van der Waals surface area (Å²) in [5.74, 6) is -1.66. The van der Waals surface area contributed by atoms with Gasteiger partial charge in [0.05, 0.1) is 19.3 Å². The topological polar surface area (TPSA) is 18.5 Å². The average molecular weight is 463 g/mol. The molecule has 0 aromatic heterocycles. The summed E-state index contributed by atoms with van der Waals surface area (Å²) in [6, 6.07) is 8.47. The second kappa shape index (κ2) is 13.0. The van der Waals surface area contributed by atoms with Gasteiger partial charge in [-0.25, -0.2) is 8.78 Å². The van der Waals surface area contributed by atoms with Gasteiger partial charge in [0.1, 0.15) is 5.82 Å². The molecule has 0 amide bonds. The molecule has 1 aliphatic heterocycles. The maximum atomic E-state index is 14.7. The number of hydrogen-bond donors (Lipinski definition) is 0. The Morgan fingerprint density at radius 3 is 2.45 bits per heavy atom. The summed E-state index contributed by atoms with van der Waals surface area (Å²) in [5, 5.41) is 0. The first-order valence-electron chi connectivity index (χ1n) is 12.5. The fraction of sp³-hybridized carbons (Fsp3) is 0.571. The maximum absolute atomic E-state index is 14.7. The van der Waals surface area contributed by atoms with Gasteiger partial charge in [0.2, 0.25) is 5.82 Å². The Labute approximate surface area is 196 Å². The monoisotopic (exact) mass is 462 g/mol. The second-order valence-electron chi connectivity index (χ2n) is 9.28. The van der Waals surface area contributed by atoms with Crippen molar-refractivity contribution in [1.82, 2.24) is 0 Å². The van der Waals surface area contributed by atoms with E-state index >= 15 is 0 Å².